The lowest BCUT2D eigenvalue weighted by molar-refractivity contribution is 1.26. The van der Waals surface area contributed by atoms with Crippen molar-refractivity contribution < 1.29 is 0 Å². The fraction of sp³-hybridized carbons (Fsp3) is 0.0400. The largest absolute Gasteiger partial charge is 0.398 e. The topological polar surface area (TPSA) is 104 Å². The first-order valence-electron chi connectivity index (χ1n) is 9.81. The molecule has 0 saturated heterocycles. The SMILES string of the molecule is C=C/C=C\C(=C/C)c1ccc(N)c(C(=N)c2nc3c(-c4cccnc4)cncc3[nH]2)c1. The van der Waals surface area contributed by atoms with Crippen LogP contribution in [0, 0.1) is 5.41 Å². The van der Waals surface area contributed by atoms with Gasteiger partial charge in [-0.15, -0.1) is 0 Å². The molecule has 0 spiro atoms. The number of benzene rings is 1. The van der Waals surface area contributed by atoms with E-state index in [1.54, 1.807) is 30.9 Å². The molecule has 4 rings (SSSR count). The molecule has 152 valence electrons. The number of aromatic amines is 1. The van der Waals surface area contributed by atoms with Crippen LogP contribution in [0.2, 0.25) is 0 Å². The third-order valence-corrected chi connectivity index (χ3v) is 4.98. The second kappa shape index (κ2) is 8.59. The predicted molar refractivity (Wildman–Crippen MR) is 127 cm³/mol. The number of hydrogen-bond donors (Lipinski definition) is 3. The minimum atomic E-state index is 0.218. The molecule has 0 saturated carbocycles. The number of nitrogens with zero attached hydrogens (tertiary/aromatic N) is 3. The van der Waals surface area contributed by atoms with E-state index < -0.39 is 0 Å². The molecule has 4 aromatic rings. The molecule has 6 heteroatoms. The Morgan fingerprint density at radius 2 is 2.03 bits per heavy atom. The maximum absolute atomic E-state index is 8.79. The third kappa shape index (κ3) is 3.91. The van der Waals surface area contributed by atoms with E-state index in [0.717, 1.165) is 33.3 Å². The van der Waals surface area contributed by atoms with Crippen molar-refractivity contribution in [1.82, 2.24) is 19.9 Å². The zero-order chi connectivity index (χ0) is 21.8. The molecule has 0 aliphatic rings. The number of nitrogens with two attached hydrogens (primary N) is 1. The Kier molecular flexibility index (Phi) is 5.53. The number of rotatable bonds is 6. The van der Waals surface area contributed by atoms with Crippen LogP contribution in [0.15, 0.2) is 86.0 Å². The number of anilines is 1. The molecule has 1 aromatic carbocycles. The van der Waals surface area contributed by atoms with E-state index in [-0.39, 0.29) is 5.71 Å². The quantitative estimate of drug-likeness (QED) is 0.233. The molecule has 3 heterocycles. The van der Waals surface area contributed by atoms with Crippen LogP contribution in [0.1, 0.15) is 23.9 Å². The average molecular weight is 406 g/mol. The summed E-state index contributed by atoms with van der Waals surface area (Å²) < 4.78 is 0. The Morgan fingerprint density at radius 3 is 2.77 bits per heavy atom. The van der Waals surface area contributed by atoms with Crippen LogP contribution in [0.4, 0.5) is 5.69 Å². The monoisotopic (exact) mass is 406 g/mol. The highest BCUT2D eigenvalue weighted by Gasteiger charge is 2.16. The summed E-state index contributed by atoms with van der Waals surface area (Å²) in [7, 11) is 0. The van der Waals surface area contributed by atoms with Crippen LogP contribution < -0.4 is 5.73 Å². The van der Waals surface area contributed by atoms with Gasteiger partial charge >= 0.3 is 0 Å². The molecule has 3 aromatic heterocycles. The maximum Gasteiger partial charge on any atom is 0.157 e. The first kappa shape index (κ1) is 20.0. The number of pyridine rings is 2. The van der Waals surface area contributed by atoms with Gasteiger partial charge in [-0.3, -0.25) is 15.4 Å². The van der Waals surface area contributed by atoms with Crippen LogP contribution in [0.5, 0.6) is 0 Å². The van der Waals surface area contributed by atoms with E-state index in [1.165, 1.54) is 0 Å². The van der Waals surface area contributed by atoms with Crippen molar-refractivity contribution in [3.05, 3.63) is 103 Å². The van der Waals surface area contributed by atoms with E-state index in [0.29, 0.717) is 17.1 Å². The summed E-state index contributed by atoms with van der Waals surface area (Å²) in [5, 5.41) is 8.79. The van der Waals surface area contributed by atoms with E-state index in [1.807, 2.05) is 55.5 Å². The van der Waals surface area contributed by atoms with Crippen molar-refractivity contribution in [1.29, 1.82) is 5.41 Å². The van der Waals surface area contributed by atoms with Gasteiger partial charge in [0.05, 0.1) is 11.7 Å². The van der Waals surface area contributed by atoms with Crippen LogP contribution in [-0.4, -0.2) is 25.6 Å². The van der Waals surface area contributed by atoms with Crippen molar-refractivity contribution in [3.63, 3.8) is 0 Å². The number of nitrogens with one attached hydrogen (secondary N) is 2. The number of imidazole rings is 1. The highest BCUT2D eigenvalue weighted by molar-refractivity contribution is 6.13. The highest BCUT2D eigenvalue weighted by Crippen LogP contribution is 2.27. The van der Waals surface area contributed by atoms with Crippen molar-refractivity contribution in [2.75, 3.05) is 5.73 Å². The molecule has 0 bridgehead atoms. The van der Waals surface area contributed by atoms with Crippen LogP contribution in [0.3, 0.4) is 0 Å². The van der Waals surface area contributed by atoms with Gasteiger partial charge < -0.3 is 10.7 Å². The summed E-state index contributed by atoms with van der Waals surface area (Å²) >= 11 is 0. The Bertz CT molecular complexity index is 1330. The van der Waals surface area contributed by atoms with Gasteiger partial charge in [0.25, 0.3) is 0 Å². The minimum Gasteiger partial charge on any atom is -0.398 e. The number of H-pyrrole nitrogens is 1. The molecule has 31 heavy (non-hydrogen) atoms. The van der Waals surface area contributed by atoms with Gasteiger partial charge in [-0.05, 0) is 36.3 Å². The number of allylic oxidation sites excluding steroid dienone is 5. The maximum atomic E-state index is 8.79. The standard InChI is InChI=1S/C25H22N6/c1-3-5-7-16(4-2)17-9-10-21(26)19(12-17)23(27)25-30-22-15-29-14-20(24(22)31-25)18-8-6-11-28-13-18/h3-15,27H,1,26H2,2H3,(H,30,31)/b7-5-,16-4+,27-23?. The van der Waals surface area contributed by atoms with Gasteiger partial charge in [0, 0.05) is 41.0 Å². The summed E-state index contributed by atoms with van der Waals surface area (Å²) in [6, 6.07) is 9.50. The second-order valence-corrected chi connectivity index (χ2v) is 6.93. The van der Waals surface area contributed by atoms with Crippen molar-refractivity contribution in [3.8, 4) is 11.1 Å². The zero-order valence-corrected chi connectivity index (χ0v) is 17.1. The van der Waals surface area contributed by atoms with Gasteiger partial charge in [0.2, 0.25) is 0 Å². The Morgan fingerprint density at radius 1 is 1.16 bits per heavy atom. The second-order valence-electron chi connectivity index (χ2n) is 6.93. The summed E-state index contributed by atoms with van der Waals surface area (Å²) in [6.45, 7) is 5.69. The normalized spacial score (nSPS) is 11.8. The van der Waals surface area contributed by atoms with Crippen molar-refractivity contribution in [2.45, 2.75) is 6.92 Å². The van der Waals surface area contributed by atoms with Gasteiger partial charge in [-0.2, -0.15) is 0 Å². The molecular formula is C25H22N6. The molecule has 0 amide bonds. The molecular weight excluding hydrogens is 384 g/mol. The number of nitrogen functional groups attached to an aromatic ring is 1. The van der Waals surface area contributed by atoms with Gasteiger partial charge in [-0.25, -0.2) is 4.98 Å². The first-order valence-corrected chi connectivity index (χ1v) is 9.81. The fourth-order valence-electron chi connectivity index (χ4n) is 3.40. The third-order valence-electron chi connectivity index (χ3n) is 4.98. The molecule has 6 nitrogen and oxygen atoms in total. The first-order chi connectivity index (χ1) is 15.1. The van der Waals surface area contributed by atoms with E-state index in [2.05, 4.69) is 21.5 Å². The van der Waals surface area contributed by atoms with Crippen LogP contribution in [-0.2, 0) is 0 Å². The van der Waals surface area contributed by atoms with Crippen LogP contribution >= 0.6 is 0 Å². The lowest BCUT2D eigenvalue weighted by Gasteiger charge is -2.09. The number of aromatic nitrogens is 4. The smallest absolute Gasteiger partial charge is 0.157 e. The van der Waals surface area contributed by atoms with Crippen molar-refractivity contribution >= 4 is 28.0 Å². The van der Waals surface area contributed by atoms with Gasteiger partial charge in [-0.1, -0.05) is 43.0 Å². The fourth-order valence-corrected chi connectivity index (χ4v) is 3.40. The summed E-state index contributed by atoms with van der Waals surface area (Å²) in [5.74, 6) is 0.431. The molecule has 0 unspecified atom stereocenters. The Balaban J connectivity index is 1.78. The number of fused-ring (bicyclic) bond motifs is 1. The minimum absolute atomic E-state index is 0.218. The highest BCUT2D eigenvalue weighted by atomic mass is 14.9. The molecule has 0 fully saturated rings. The molecule has 0 aliphatic carbocycles. The van der Waals surface area contributed by atoms with Gasteiger partial charge in [0.1, 0.15) is 11.2 Å². The number of hydrogen-bond acceptors (Lipinski definition) is 5. The van der Waals surface area contributed by atoms with E-state index >= 15 is 0 Å². The summed E-state index contributed by atoms with van der Waals surface area (Å²) in [6.07, 6.45) is 14.5. The summed E-state index contributed by atoms with van der Waals surface area (Å²) in [4.78, 5) is 16.4. The molecule has 0 atom stereocenters. The Hall–Kier alpha value is -4.32. The molecule has 4 N–H and O–H groups in total. The van der Waals surface area contributed by atoms with Gasteiger partial charge in [0.15, 0.2) is 5.82 Å². The predicted octanol–water partition coefficient (Wildman–Crippen LogP) is 5.16. The summed E-state index contributed by atoms with van der Waals surface area (Å²) in [5.41, 5.74) is 12.8. The Labute approximate surface area is 180 Å². The van der Waals surface area contributed by atoms with E-state index in [4.69, 9.17) is 16.1 Å². The molecule has 0 radical (unpaired) electrons. The zero-order valence-electron chi connectivity index (χ0n) is 17.1. The lowest BCUT2D eigenvalue weighted by atomic mass is 9.98. The average Bonchev–Trinajstić information content (AvgIpc) is 3.25. The lowest BCUT2D eigenvalue weighted by Crippen LogP contribution is -2.08. The van der Waals surface area contributed by atoms with E-state index in [9.17, 15) is 0 Å². The van der Waals surface area contributed by atoms with Crippen LogP contribution in [0.25, 0.3) is 27.7 Å². The molecule has 0 aliphatic heterocycles. The van der Waals surface area contributed by atoms with Crippen molar-refractivity contribution in [2.24, 2.45) is 0 Å².